The molecule has 0 spiro atoms. The van der Waals surface area contributed by atoms with Gasteiger partial charge in [-0.25, -0.2) is 9.07 Å². The fraction of sp³-hybridized carbons (Fsp3) is 0.143. The number of benzene rings is 2. The molecule has 27 heavy (non-hydrogen) atoms. The van der Waals surface area contributed by atoms with Crippen LogP contribution in [0.1, 0.15) is 26.5 Å². The second-order valence-corrected chi connectivity index (χ2v) is 7.51. The lowest BCUT2D eigenvalue weighted by molar-refractivity contribution is 0.0955. The molecule has 0 saturated heterocycles. The maximum Gasteiger partial charge on any atom is 0.261 e. The van der Waals surface area contributed by atoms with E-state index in [1.54, 1.807) is 12.1 Å². The topological polar surface area (TPSA) is 46.9 Å². The van der Waals surface area contributed by atoms with Crippen molar-refractivity contribution in [2.45, 2.75) is 20.4 Å². The normalized spacial score (nSPS) is 11.1. The summed E-state index contributed by atoms with van der Waals surface area (Å²) in [6.07, 6.45) is 0. The molecule has 2 aromatic heterocycles. The third-order valence-electron chi connectivity index (χ3n) is 4.38. The minimum Gasteiger partial charge on any atom is -0.347 e. The van der Waals surface area contributed by atoms with Gasteiger partial charge in [0.05, 0.1) is 16.3 Å². The highest BCUT2D eigenvalue weighted by Crippen LogP contribution is 2.30. The van der Waals surface area contributed by atoms with E-state index in [4.69, 9.17) is 0 Å². The number of hydrogen-bond acceptors (Lipinski definition) is 3. The second kappa shape index (κ2) is 6.96. The Morgan fingerprint density at radius 1 is 1.15 bits per heavy atom. The molecule has 4 aromatic rings. The molecule has 0 unspecified atom stereocenters. The van der Waals surface area contributed by atoms with Crippen LogP contribution in [0.25, 0.3) is 15.9 Å². The number of aryl methyl sites for hydroxylation is 2. The average Bonchev–Trinajstić information content (AvgIpc) is 3.22. The number of thiophene rings is 1. The van der Waals surface area contributed by atoms with Gasteiger partial charge in [-0.15, -0.1) is 11.3 Å². The number of carbonyl (C=O) groups excluding carboxylic acids is 1. The number of hydrogen-bond donors (Lipinski definition) is 1. The molecule has 4 nitrogen and oxygen atoms in total. The van der Waals surface area contributed by atoms with Gasteiger partial charge < -0.3 is 5.32 Å². The fourth-order valence-corrected chi connectivity index (χ4v) is 4.06. The molecule has 6 heteroatoms. The summed E-state index contributed by atoms with van der Waals surface area (Å²) < 4.78 is 14.9. The summed E-state index contributed by atoms with van der Waals surface area (Å²) in [7, 11) is 0. The lowest BCUT2D eigenvalue weighted by atomic mass is 10.2. The van der Waals surface area contributed by atoms with Crippen molar-refractivity contribution >= 4 is 27.5 Å². The molecule has 0 aliphatic carbocycles. The molecule has 0 saturated carbocycles. The highest BCUT2D eigenvalue weighted by atomic mass is 32.1. The highest BCUT2D eigenvalue weighted by Gasteiger charge is 2.17. The van der Waals surface area contributed by atoms with Gasteiger partial charge in [-0.05, 0) is 55.3 Å². The third kappa shape index (κ3) is 3.48. The molecule has 2 heterocycles. The first kappa shape index (κ1) is 17.4. The molecular weight excluding hydrogens is 361 g/mol. The number of rotatable bonds is 4. The number of amides is 1. The molecule has 0 aliphatic rings. The van der Waals surface area contributed by atoms with Gasteiger partial charge in [-0.1, -0.05) is 24.3 Å². The molecule has 0 fully saturated rings. The first-order valence-electron chi connectivity index (χ1n) is 8.60. The first-order valence-corrected chi connectivity index (χ1v) is 9.42. The number of aromatic nitrogens is 2. The highest BCUT2D eigenvalue weighted by molar-refractivity contribution is 7.20. The molecule has 136 valence electrons. The van der Waals surface area contributed by atoms with E-state index >= 15 is 0 Å². The van der Waals surface area contributed by atoms with Gasteiger partial charge in [0.1, 0.15) is 10.6 Å². The van der Waals surface area contributed by atoms with E-state index in [1.807, 2.05) is 42.8 Å². The zero-order valence-corrected chi connectivity index (χ0v) is 15.8. The Morgan fingerprint density at radius 3 is 2.67 bits per heavy atom. The lowest BCUT2D eigenvalue weighted by Crippen LogP contribution is -2.21. The van der Waals surface area contributed by atoms with E-state index in [2.05, 4.69) is 16.5 Å². The molecule has 0 radical (unpaired) electrons. The summed E-state index contributed by atoms with van der Waals surface area (Å²) in [6.45, 7) is 4.34. The zero-order valence-electron chi connectivity index (χ0n) is 15.0. The van der Waals surface area contributed by atoms with Crippen LogP contribution < -0.4 is 5.32 Å². The van der Waals surface area contributed by atoms with Crippen LogP contribution in [0.4, 0.5) is 4.39 Å². The quantitative estimate of drug-likeness (QED) is 0.555. The van der Waals surface area contributed by atoms with Gasteiger partial charge in [-0.3, -0.25) is 4.79 Å². The summed E-state index contributed by atoms with van der Waals surface area (Å²) in [6, 6.07) is 16.1. The molecule has 0 aliphatic heterocycles. The van der Waals surface area contributed by atoms with E-state index in [9.17, 15) is 9.18 Å². The predicted molar refractivity (Wildman–Crippen MR) is 106 cm³/mol. The van der Waals surface area contributed by atoms with Crippen LogP contribution >= 0.6 is 11.3 Å². The largest absolute Gasteiger partial charge is 0.347 e. The maximum absolute atomic E-state index is 13.0. The maximum atomic E-state index is 13.0. The van der Waals surface area contributed by atoms with Crippen LogP contribution in [0.5, 0.6) is 0 Å². The van der Waals surface area contributed by atoms with Crippen molar-refractivity contribution in [1.82, 2.24) is 15.1 Å². The summed E-state index contributed by atoms with van der Waals surface area (Å²) >= 11 is 1.42. The Morgan fingerprint density at radius 2 is 1.93 bits per heavy atom. The van der Waals surface area contributed by atoms with E-state index in [0.717, 1.165) is 32.7 Å². The van der Waals surface area contributed by atoms with Crippen molar-refractivity contribution in [3.8, 4) is 5.69 Å². The van der Waals surface area contributed by atoms with Crippen LogP contribution in [0, 0.1) is 19.7 Å². The van der Waals surface area contributed by atoms with Gasteiger partial charge in [-0.2, -0.15) is 5.10 Å². The molecule has 2 aromatic carbocycles. The van der Waals surface area contributed by atoms with Crippen molar-refractivity contribution in [1.29, 1.82) is 0 Å². The Hall–Kier alpha value is -2.99. The van der Waals surface area contributed by atoms with Gasteiger partial charge in [0.2, 0.25) is 0 Å². The van der Waals surface area contributed by atoms with Crippen LogP contribution in [0.15, 0.2) is 54.6 Å². The van der Waals surface area contributed by atoms with Crippen molar-refractivity contribution in [2.75, 3.05) is 0 Å². The van der Waals surface area contributed by atoms with Crippen LogP contribution in [0.2, 0.25) is 0 Å². The third-order valence-corrected chi connectivity index (χ3v) is 5.49. The van der Waals surface area contributed by atoms with Crippen molar-refractivity contribution in [2.24, 2.45) is 0 Å². The zero-order chi connectivity index (χ0) is 19.0. The van der Waals surface area contributed by atoms with Crippen molar-refractivity contribution in [3.05, 3.63) is 82.1 Å². The molecule has 0 atom stereocenters. The Labute approximate surface area is 160 Å². The molecule has 1 amide bonds. The van der Waals surface area contributed by atoms with E-state index in [0.29, 0.717) is 11.4 Å². The van der Waals surface area contributed by atoms with Gasteiger partial charge in [0.15, 0.2) is 0 Å². The number of nitrogens with one attached hydrogen (secondary N) is 1. The number of fused-ring (bicyclic) bond motifs is 1. The minimum atomic E-state index is -0.286. The van der Waals surface area contributed by atoms with Gasteiger partial charge in [0, 0.05) is 11.9 Å². The smallest absolute Gasteiger partial charge is 0.261 e. The Kier molecular flexibility index (Phi) is 4.49. The predicted octanol–water partition coefficient (Wildman–Crippen LogP) is 4.77. The Bertz CT molecular complexity index is 1130. The van der Waals surface area contributed by atoms with Crippen LogP contribution in [-0.4, -0.2) is 15.7 Å². The average molecular weight is 379 g/mol. The van der Waals surface area contributed by atoms with Crippen LogP contribution in [-0.2, 0) is 6.54 Å². The van der Waals surface area contributed by atoms with Crippen molar-refractivity contribution in [3.63, 3.8) is 0 Å². The molecule has 4 rings (SSSR count). The number of carbonyl (C=O) groups is 1. The SMILES string of the molecule is Cc1cccc(-n2nc(C)c3cc(C(=O)NCc4ccc(F)cc4)sc32)c1. The Balaban J connectivity index is 1.60. The molecule has 0 bridgehead atoms. The first-order chi connectivity index (χ1) is 13.0. The van der Waals surface area contributed by atoms with E-state index in [1.165, 1.54) is 23.5 Å². The minimum absolute atomic E-state index is 0.143. The summed E-state index contributed by atoms with van der Waals surface area (Å²) in [5, 5.41) is 8.50. The van der Waals surface area contributed by atoms with E-state index < -0.39 is 0 Å². The summed E-state index contributed by atoms with van der Waals surface area (Å²) in [5.74, 6) is -0.429. The van der Waals surface area contributed by atoms with E-state index in [-0.39, 0.29) is 11.7 Å². The van der Waals surface area contributed by atoms with Crippen molar-refractivity contribution < 1.29 is 9.18 Å². The van der Waals surface area contributed by atoms with Gasteiger partial charge in [0.25, 0.3) is 5.91 Å². The fourth-order valence-electron chi connectivity index (χ4n) is 2.97. The summed E-state index contributed by atoms with van der Waals surface area (Å²) in [5.41, 5.74) is 3.88. The molecular formula is C21H18FN3OS. The summed E-state index contributed by atoms with van der Waals surface area (Å²) in [4.78, 5) is 14.1. The standard InChI is InChI=1S/C21H18FN3OS/c1-13-4-3-5-17(10-13)25-21-18(14(2)24-25)11-19(27-21)20(26)23-12-15-6-8-16(22)9-7-15/h3-11H,12H2,1-2H3,(H,23,26). The number of halogens is 1. The molecule has 1 N–H and O–H groups in total. The van der Waals surface area contributed by atoms with Gasteiger partial charge >= 0.3 is 0 Å². The van der Waals surface area contributed by atoms with Crippen LogP contribution in [0.3, 0.4) is 0 Å². The second-order valence-electron chi connectivity index (χ2n) is 6.47. The number of nitrogens with zero attached hydrogens (tertiary/aromatic N) is 2. The monoisotopic (exact) mass is 379 g/mol. The lowest BCUT2D eigenvalue weighted by Gasteiger charge is -2.04.